The Morgan fingerprint density at radius 3 is 1.55 bits per heavy atom. The van der Waals surface area contributed by atoms with Gasteiger partial charge in [-0.05, 0) is 23.1 Å². The third kappa shape index (κ3) is 4.16. The van der Waals surface area contributed by atoms with Crippen LogP contribution in [0.3, 0.4) is 0 Å². The molecule has 2 aromatic rings. The Morgan fingerprint density at radius 2 is 1.20 bits per heavy atom. The maximum absolute atomic E-state index is 13.1. The monoisotopic (exact) mass is 276 g/mol. The Kier molecular flexibility index (Phi) is 5.87. The second-order valence-electron chi connectivity index (χ2n) is 4.52. The zero-order chi connectivity index (χ0) is 15.2. The maximum Gasteiger partial charge on any atom is 0.270 e. The molecule has 0 N–H and O–H groups in total. The van der Waals surface area contributed by atoms with Crippen molar-refractivity contribution in [3.05, 3.63) is 59.7 Å². The lowest BCUT2D eigenvalue weighted by atomic mass is 10.0. The fraction of sp³-hybridized carbons (Fsp3) is 0.333. The van der Waals surface area contributed by atoms with Gasteiger partial charge in [0, 0.05) is 12.5 Å². The van der Waals surface area contributed by atoms with E-state index in [1.54, 1.807) is 12.1 Å². The third-order valence-corrected chi connectivity index (χ3v) is 3.09. The van der Waals surface area contributed by atoms with Crippen LogP contribution in [-0.2, 0) is 12.3 Å². The number of hydrogen-bond acceptors (Lipinski definition) is 0. The lowest BCUT2D eigenvalue weighted by Crippen LogP contribution is -2.06. The summed E-state index contributed by atoms with van der Waals surface area (Å²) in [4.78, 5) is 0. The van der Waals surface area contributed by atoms with Gasteiger partial charge < -0.3 is 0 Å². The van der Waals surface area contributed by atoms with Crippen LogP contribution in [-0.4, -0.2) is 0 Å². The fourth-order valence-electron chi connectivity index (χ4n) is 1.89. The van der Waals surface area contributed by atoms with Crippen molar-refractivity contribution in [2.45, 2.75) is 40.0 Å². The van der Waals surface area contributed by atoms with E-state index in [1.165, 1.54) is 17.7 Å². The first-order valence-corrected chi connectivity index (χ1v) is 7.08. The first-order valence-electron chi connectivity index (χ1n) is 7.08. The SMILES string of the molecule is CC.CCc1ccc(-c2ccc(C(C)(F)F)cc2)cc1. The molecule has 0 aliphatic heterocycles. The molecule has 20 heavy (non-hydrogen) atoms. The standard InChI is InChI=1S/C16H16F2.C2H6/c1-3-12-4-6-13(7-5-12)14-8-10-15(11-9-14)16(2,17)18;1-2/h4-11H,3H2,1-2H3;1-2H3. The summed E-state index contributed by atoms with van der Waals surface area (Å²) in [6, 6.07) is 14.7. The molecule has 0 amide bonds. The van der Waals surface area contributed by atoms with Crippen LogP contribution in [0.5, 0.6) is 0 Å². The fourth-order valence-corrected chi connectivity index (χ4v) is 1.89. The average molecular weight is 276 g/mol. The molecule has 0 heterocycles. The smallest absolute Gasteiger partial charge is 0.202 e. The second-order valence-corrected chi connectivity index (χ2v) is 4.52. The van der Waals surface area contributed by atoms with Crippen molar-refractivity contribution in [3.63, 3.8) is 0 Å². The highest BCUT2D eigenvalue weighted by Gasteiger charge is 2.23. The predicted octanol–water partition coefficient (Wildman–Crippen LogP) is 6.05. The van der Waals surface area contributed by atoms with Crippen molar-refractivity contribution >= 4 is 0 Å². The van der Waals surface area contributed by atoms with Crippen LogP contribution in [0.1, 0.15) is 38.8 Å². The number of halogens is 2. The number of aryl methyl sites for hydroxylation is 1. The van der Waals surface area contributed by atoms with Crippen LogP contribution >= 0.6 is 0 Å². The summed E-state index contributed by atoms with van der Waals surface area (Å²) in [6.45, 7) is 7.02. The highest BCUT2D eigenvalue weighted by atomic mass is 19.3. The molecule has 0 aromatic heterocycles. The van der Waals surface area contributed by atoms with E-state index in [2.05, 4.69) is 19.1 Å². The molecular formula is C18H22F2. The van der Waals surface area contributed by atoms with Gasteiger partial charge in [0.05, 0.1) is 0 Å². The van der Waals surface area contributed by atoms with E-state index in [0.29, 0.717) is 0 Å². The molecule has 108 valence electrons. The quantitative estimate of drug-likeness (QED) is 0.639. The molecular weight excluding hydrogens is 254 g/mol. The highest BCUT2D eigenvalue weighted by Crippen LogP contribution is 2.29. The topological polar surface area (TPSA) is 0 Å². The molecule has 0 saturated carbocycles. The summed E-state index contributed by atoms with van der Waals surface area (Å²) in [7, 11) is 0. The zero-order valence-corrected chi connectivity index (χ0v) is 12.6. The molecule has 0 fully saturated rings. The van der Waals surface area contributed by atoms with Gasteiger partial charge in [-0.15, -0.1) is 0 Å². The molecule has 0 radical (unpaired) electrons. The molecule has 0 spiro atoms. The minimum atomic E-state index is -2.77. The van der Waals surface area contributed by atoms with Gasteiger partial charge >= 0.3 is 0 Å². The molecule has 2 rings (SSSR count). The van der Waals surface area contributed by atoms with Gasteiger partial charge in [-0.3, -0.25) is 0 Å². The molecule has 0 aliphatic carbocycles. The Labute approximate surface area is 120 Å². The summed E-state index contributed by atoms with van der Waals surface area (Å²) < 4.78 is 26.2. The Bertz CT molecular complexity index is 505. The maximum atomic E-state index is 13.1. The normalized spacial score (nSPS) is 10.7. The van der Waals surface area contributed by atoms with Gasteiger partial charge in [0.25, 0.3) is 5.92 Å². The first kappa shape index (κ1) is 16.4. The van der Waals surface area contributed by atoms with Crippen LogP contribution in [0.2, 0.25) is 0 Å². The molecule has 2 heteroatoms. The summed E-state index contributed by atoms with van der Waals surface area (Å²) in [5.74, 6) is -2.77. The highest BCUT2D eigenvalue weighted by molar-refractivity contribution is 5.64. The average Bonchev–Trinajstić information content (AvgIpc) is 2.49. The van der Waals surface area contributed by atoms with Gasteiger partial charge in [-0.2, -0.15) is 0 Å². The van der Waals surface area contributed by atoms with Crippen molar-refractivity contribution in [1.82, 2.24) is 0 Å². The lowest BCUT2D eigenvalue weighted by Gasteiger charge is -2.11. The van der Waals surface area contributed by atoms with Gasteiger partial charge in [-0.1, -0.05) is 69.3 Å². The number of alkyl halides is 2. The Morgan fingerprint density at radius 1 is 0.800 bits per heavy atom. The number of rotatable bonds is 3. The van der Waals surface area contributed by atoms with Crippen molar-refractivity contribution < 1.29 is 8.78 Å². The van der Waals surface area contributed by atoms with Crippen LogP contribution in [0.15, 0.2) is 48.5 Å². The van der Waals surface area contributed by atoms with Crippen molar-refractivity contribution in [1.29, 1.82) is 0 Å². The van der Waals surface area contributed by atoms with E-state index in [-0.39, 0.29) is 5.56 Å². The van der Waals surface area contributed by atoms with Gasteiger partial charge in [-0.25, -0.2) is 8.78 Å². The second kappa shape index (κ2) is 7.18. The number of hydrogen-bond donors (Lipinski definition) is 0. The van der Waals surface area contributed by atoms with E-state index in [4.69, 9.17) is 0 Å². The third-order valence-electron chi connectivity index (χ3n) is 3.09. The zero-order valence-electron chi connectivity index (χ0n) is 12.6. The predicted molar refractivity (Wildman–Crippen MR) is 82.2 cm³/mol. The molecule has 0 saturated heterocycles. The van der Waals surface area contributed by atoms with E-state index in [1.807, 2.05) is 26.0 Å². The largest absolute Gasteiger partial charge is 0.270 e. The molecule has 0 nitrogen and oxygen atoms in total. The van der Waals surface area contributed by atoms with E-state index in [0.717, 1.165) is 24.5 Å². The molecule has 0 bridgehead atoms. The summed E-state index contributed by atoms with van der Waals surface area (Å²) in [5, 5.41) is 0. The van der Waals surface area contributed by atoms with Crippen LogP contribution in [0, 0.1) is 0 Å². The minimum absolute atomic E-state index is 0.0522. The van der Waals surface area contributed by atoms with E-state index < -0.39 is 5.92 Å². The van der Waals surface area contributed by atoms with Crippen LogP contribution in [0.25, 0.3) is 11.1 Å². The lowest BCUT2D eigenvalue weighted by molar-refractivity contribution is 0.0175. The van der Waals surface area contributed by atoms with Crippen molar-refractivity contribution in [2.75, 3.05) is 0 Å². The summed E-state index contributed by atoms with van der Waals surface area (Å²) in [6.07, 6.45) is 1.00. The van der Waals surface area contributed by atoms with Crippen LogP contribution in [0.4, 0.5) is 8.78 Å². The van der Waals surface area contributed by atoms with Gasteiger partial charge in [0.1, 0.15) is 0 Å². The minimum Gasteiger partial charge on any atom is -0.202 e. The molecule has 0 aliphatic rings. The van der Waals surface area contributed by atoms with Crippen molar-refractivity contribution in [3.8, 4) is 11.1 Å². The molecule has 2 aromatic carbocycles. The van der Waals surface area contributed by atoms with Gasteiger partial charge in [0.15, 0.2) is 0 Å². The Balaban J connectivity index is 0.000000956. The van der Waals surface area contributed by atoms with E-state index in [9.17, 15) is 8.78 Å². The molecule has 0 atom stereocenters. The Hall–Kier alpha value is -1.70. The summed E-state index contributed by atoms with van der Waals surface area (Å²) >= 11 is 0. The van der Waals surface area contributed by atoms with Crippen molar-refractivity contribution in [2.24, 2.45) is 0 Å². The van der Waals surface area contributed by atoms with E-state index >= 15 is 0 Å². The first-order chi connectivity index (χ1) is 9.50. The number of benzene rings is 2. The van der Waals surface area contributed by atoms with Crippen LogP contribution < -0.4 is 0 Å². The summed E-state index contributed by atoms with van der Waals surface area (Å²) in [5.41, 5.74) is 3.34. The van der Waals surface area contributed by atoms with Gasteiger partial charge in [0.2, 0.25) is 0 Å². The molecule has 0 unspecified atom stereocenters.